The molecule has 19 heavy (non-hydrogen) atoms. The third kappa shape index (κ3) is 3.03. The first-order valence-corrected chi connectivity index (χ1v) is 6.34. The second-order valence-corrected chi connectivity index (χ2v) is 4.95. The molecule has 0 aliphatic rings. The quantitative estimate of drug-likeness (QED) is 0.934. The highest BCUT2D eigenvalue weighted by Gasteiger charge is 2.17. The third-order valence-electron chi connectivity index (χ3n) is 3.16. The van der Waals surface area contributed by atoms with Crippen molar-refractivity contribution in [3.05, 3.63) is 41.0 Å². The summed E-state index contributed by atoms with van der Waals surface area (Å²) in [6, 6.07) is 8.91. The van der Waals surface area contributed by atoms with Crippen LogP contribution in [0.3, 0.4) is 0 Å². The number of benzene rings is 1. The Morgan fingerprint density at radius 1 is 1.42 bits per heavy atom. The normalized spacial score (nSPS) is 12.8. The van der Waals surface area contributed by atoms with E-state index in [4.69, 9.17) is 16.7 Å². The highest BCUT2D eigenvalue weighted by Crippen LogP contribution is 2.21. The lowest BCUT2D eigenvalue weighted by molar-refractivity contribution is -0.142. The van der Waals surface area contributed by atoms with E-state index < -0.39 is 12.0 Å². The molecule has 0 bridgehead atoms. The van der Waals surface area contributed by atoms with Crippen molar-refractivity contribution in [1.29, 1.82) is 0 Å². The minimum absolute atomic E-state index is 0.467. The van der Waals surface area contributed by atoms with Crippen molar-refractivity contribution >= 4 is 28.5 Å². The van der Waals surface area contributed by atoms with Gasteiger partial charge in [-0.3, -0.25) is 9.69 Å². The fourth-order valence-electron chi connectivity index (χ4n) is 1.82. The average molecular weight is 279 g/mol. The number of rotatable bonds is 4. The van der Waals surface area contributed by atoms with Gasteiger partial charge >= 0.3 is 5.97 Å². The van der Waals surface area contributed by atoms with Crippen molar-refractivity contribution in [2.75, 3.05) is 7.05 Å². The average Bonchev–Trinajstić information content (AvgIpc) is 2.38. The molecule has 2 aromatic rings. The number of fused-ring (bicyclic) bond motifs is 1. The number of halogens is 1. The fourth-order valence-corrected chi connectivity index (χ4v) is 2.04. The number of carbonyl (C=O) groups is 1. The van der Waals surface area contributed by atoms with Crippen LogP contribution in [0.2, 0.25) is 5.02 Å². The van der Waals surface area contributed by atoms with Crippen molar-refractivity contribution in [2.45, 2.75) is 19.5 Å². The number of hydrogen-bond acceptors (Lipinski definition) is 3. The van der Waals surface area contributed by atoms with Gasteiger partial charge in [-0.25, -0.2) is 4.98 Å². The Labute approximate surface area is 116 Å². The third-order valence-corrected chi connectivity index (χ3v) is 3.46. The summed E-state index contributed by atoms with van der Waals surface area (Å²) in [5, 5.41) is 10.5. The number of carboxylic acid groups (broad SMARTS) is 1. The molecule has 1 N–H and O–H groups in total. The van der Waals surface area contributed by atoms with Gasteiger partial charge in [0.15, 0.2) is 0 Å². The van der Waals surface area contributed by atoms with Crippen molar-refractivity contribution in [2.24, 2.45) is 0 Å². The lowest BCUT2D eigenvalue weighted by Gasteiger charge is -2.20. The van der Waals surface area contributed by atoms with Crippen LogP contribution in [0.1, 0.15) is 12.6 Å². The fraction of sp³-hybridized carbons (Fsp3) is 0.286. The lowest BCUT2D eigenvalue weighted by Crippen LogP contribution is -2.35. The molecule has 0 saturated heterocycles. The van der Waals surface area contributed by atoms with Gasteiger partial charge in [0.1, 0.15) is 6.04 Å². The Bertz CT molecular complexity index is 615. The Balaban J connectivity index is 2.27. The van der Waals surface area contributed by atoms with E-state index in [0.29, 0.717) is 11.6 Å². The van der Waals surface area contributed by atoms with Crippen LogP contribution in [-0.2, 0) is 11.3 Å². The zero-order valence-electron chi connectivity index (χ0n) is 10.8. The van der Waals surface area contributed by atoms with E-state index in [2.05, 4.69) is 4.98 Å². The molecule has 1 aromatic carbocycles. The van der Waals surface area contributed by atoms with Crippen molar-refractivity contribution in [1.82, 2.24) is 9.88 Å². The predicted molar refractivity (Wildman–Crippen MR) is 75.3 cm³/mol. The van der Waals surface area contributed by atoms with Crippen LogP contribution >= 0.6 is 11.6 Å². The molecule has 0 spiro atoms. The maximum absolute atomic E-state index is 10.9. The summed E-state index contributed by atoms with van der Waals surface area (Å²) >= 11 is 6.11. The molecule has 5 heteroatoms. The molecule has 0 saturated carbocycles. The van der Waals surface area contributed by atoms with E-state index in [0.717, 1.165) is 16.6 Å². The number of hydrogen-bond donors (Lipinski definition) is 1. The summed E-state index contributed by atoms with van der Waals surface area (Å²) in [7, 11) is 1.76. The Morgan fingerprint density at radius 2 is 2.16 bits per heavy atom. The molecule has 100 valence electrons. The van der Waals surface area contributed by atoms with Crippen molar-refractivity contribution in [3.63, 3.8) is 0 Å². The standard InChI is InChI=1S/C14H15ClN2O2/c1-9(14(18)19)17(2)8-11-7-6-10-4-3-5-12(15)13(10)16-11/h3-7,9H,8H2,1-2H3,(H,18,19)/t9-/m1/s1. The van der Waals surface area contributed by atoms with Crippen LogP contribution in [0.5, 0.6) is 0 Å². The van der Waals surface area contributed by atoms with Gasteiger partial charge in [-0.2, -0.15) is 0 Å². The highest BCUT2D eigenvalue weighted by molar-refractivity contribution is 6.35. The maximum atomic E-state index is 10.9. The van der Waals surface area contributed by atoms with Crippen LogP contribution in [0.4, 0.5) is 0 Å². The monoisotopic (exact) mass is 278 g/mol. The zero-order chi connectivity index (χ0) is 14.0. The largest absolute Gasteiger partial charge is 0.480 e. The minimum Gasteiger partial charge on any atom is -0.480 e. The van der Waals surface area contributed by atoms with Crippen LogP contribution in [0, 0.1) is 0 Å². The second kappa shape index (κ2) is 5.55. The van der Waals surface area contributed by atoms with Crippen molar-refractivity contribution in [3.8, 4) is 0 Å². The lowest BCUT2D eigenvalue weighted by atomic mass is 10.2. The zero-order valence-corrected chi connectivity index (χ0v) is 11.6. The Morgan fingerprint density at radius 3 is 2.84 bits per heavy atom. The van der Waals surface area contributed by atoms with E-state index in [1.165, 1.54) is 0 Å². The van der Waals surface area contributed by atoms with Gasteiger partial charge in [0.25, 0.3) is 0 Å². The summed E-state index contributed by atoms with van der Waals surface area (Å²) in [6.45, 7) is 2.12. The van der Waals surface area contributed by atoms with Gasteiger partial charge in [0, 0.05) is 11.9 Å². The smallest absolute Gasteiger partial charge is 0.320 e. The predicted octanol–water partition coefficient (Wildman–Crippen LogP) is 2.79. The van der Waals surface area contributed by atoms with Gasteiger partial charge < -0.3 is 5.11 Å². The highest BCUT2D eigenvalue weighted by atomic mass is 35.5. The molecule has 0 unspecified atom stereocenters. The SMILES string of the molecule is C[C@H](C(=O)O)N(C)Cc1ccc2cccc(Cl)c2n1. The molecular weight excluding hydrogens is 264 g/mol. The van der Waals surface area contributed by atoms with Gasteiger partial charge in [-0.15, -0.1) is 0 Å². The van der Waals surface area contributed by atoms with Gasteiger partial charge in [0.05, 0.1) is 16.2 Å². The number of likely N-dealkylation sites (N-methyl/N-ethyl adjacent to an activating group) is 1. The molecule has 4 nitrogen and oxygen atoms in total. The number of carboxylic acids is 1. The maximum Gasteiger partial charge on any atom is 0.320 e. The van der Waals surface area contributed by atoms with Crippen LogP contribution in [-0.4, -0.2) is 34.0 Å². The molecule has 1 atom stereocenters. The van der Waals surface area contributed by atoms with E-state index >= 15 is 0 Å². The second-order valence-electron chi connectivity index (χ2n) is 4.54. The first-order valence-electron chi connectivity index (χ1n) is 5.96. The number of aliphatic carboxylic acids is 1. The summed E-state index contributed by atoms with van der Waals surface area (Å²) in [5.74, 6) is -0.846. The van der Waals surface area contributed by atoms with E-state index in [1.54, 1.807) is 24.9 Å². The Kier molecular flexibility index (Phi) is 4.02. The summed E-state index contributed by atoms with van der Waals surface area (Å²) < 4.78 is 0. The van der Waals surface area contributed by atoms with E-state index in [1.807, 2.05) is 24.3 Å². The van der Waals surface area contributed by atoms with Crippen LogP contribution in [0.15, 0.2) is 30.3 Å². The molecule has 0 amide bonds. The molecule has 1 aromatic heterocycles. The van der Waals surface area contributed by atoms with E-state index in [9.17, 15) is 4.79 Å². The summed E-state index contributed by atoms with van der Waals surface area (Å²) in [6.07, 6.45) is 0. The van der Waals surface area contributed by atoms with Crippen LogP contribution < -0.4 is 0 Å². The van der Waals surface area contributed by atoms with Gasteiger partial charge in [0.2, 0.25) is 0 Å². The van der Waals surface area contributed by atoms with Gasteiger partial charge in [-0.1, -0.05) is 29.8 Å². The molecule has 0 radical (unpaired) electrons. The first-order chi connectivity index (χ1) is 8.99. The molecule has 0 fully saturated rings. The first kappa shape index (κ1) is 13.8. The molecule has 2 rings (SSSR count). The van der Waals surface area contributed by atoms with E-state index in [-0.39, 0.29) is 0 Å². The number of para-hydroxylation sites is 1. The molecule has 0 aliphatic carbocycles. The summed E-state index contributed by atoms with van der Waals surface area (Å²) in [4.78, 5) is 17.1. The topological polar surface area (TPSA) is 53.4 Å². The minimum atomic E-state index is -0.846. The molecular formula is C14H15ClN2O2. The number of pyridine rings is 1. The van der Waals surface area contributed by atoms with Crippen LogP contribution in [0.25, 0.3) is 10.9 Å². The summed E-state index contributed by atoms with van der Waals surface area (Å²) in [5.41, 5.74) is 1.55. The number of aromatic nitrogens is 1. The molecule has 0 aliphatic heterocycles. The Hall–Kier alpha value is -1.65. The molecule has 1 heterocycles. The van der Waals surface area contributed by atoms with Crippen molar-refractivity contribution < 1.29 is 9.90 Å². The number of nitrogens with zero attached hydrogens (tertiary/aromatic N) is 2. The van der Waals surface area contributed by atoms with Gasteiger partial charge in [-0.05, 0) is 26.1 Å².